The van der Waals surface area contributed by atoms with Crippen molar-refractivity contribution >= 4 is 27.4 Å². The number of anilines is 2. The lowest BCUT2D eigenvalue weighted by Gasteiger charge is -2.11. The zero-order valence-electron chi connectivity index (χ0n) is 10.0. The fourth-order valence-electron chi connectivity index (χ4n) is 1.73. The summed E-state index contributed by atoms with van der Waals surface area (Å²) in [5, 5.41) is 3.19. The molecule has 0 aliphatic rings. The summed E-state index contributed by atoms with van der Waals surface area (Å²) in [5.41, 5.74) is 2.01. The van der Waals surface area contributed by atoms with Gasteiger partial charge in [0.05, 0.1) is 6.33 Å². The molecule has 4 nitrogen and oxygen atoms in total. The smallest absolute Gasteiger partial charge is 0.267 e. The number of para-hydroxylation sites is 1. The first-order valence-electron chi connectivity index (χ1n) is 5.80. The van der Waals surface area contributed by atoms with Gasteiger partial charge in [-0.3, -0.25) is 4.79 Å². The predicted molar refractivity (Wildman–Crippen MR) is 76.3 cm³/mol. The first kappa shape index (κ1) is 12.8. The standard InChI is InChI=1S/C13H14BrN3O/c1-2-5-9-6-3-4-7-10(9)17-12-11(14)13(18)16-8-15-12/h3-4,6-8H,2,5H2,1H3,(H2,15,16,17,18). The molecule has 18 heavy (non-hydrogen) atoms. The highest BCUT2D eigenvalue weighted by atomic mass is 79.9. The molecule has 0 fully saturated rings. The molecule has 1 aromatic carbocycles. The van der Waals surface area contributed by atoms with Crippen LogP contribution in [0.4, 0.5) is 11.5 Å². The van der Waals surface area contributed by atoms with Gasteiger partial charge in [-0.25, -0.2) is 4.98 Å². The summed E-state index contributed by atoms with van der Waals surface area (Å²) in [6.07, 6.45) is 3.45. The minimum Gasteiger partial charge on any atom is -0.339 e. The number of hydrogen-bond acceptors (Lipinski definition) is 3. The van der Waals surface area contributed by atoms with Crippen LogP contribution in [-0.2, 0) is 6.42 Å². The van der Waals surface area contributed by atoms with Crippen LogP contribution in [0.2, 0.25) is 0 Å². The van der Waals surface area contributed by atoms with Gasteiger partial charge >= 0.3 is 0 Å². The average Bonchev–Trinajstić information content (AvgIpc) is 2.37. The van der Waals surface area contributed by atoms with Crippen molar-refractivity contribution in [3.05, 3.63) is 51.0 Å². The van der Waals surface area contributed by atoms with Crippen molar-refractivity contribution < 1.29 is 0 Å². The van der Waals surface area contributed by atoms with Crippen LogP contribution in [0.3, 0.4) is 0 Å². The van der Waals surface area contributed by atoms with Crippen molar-refractivity contribution in [3.63, 3.8) is 0 Å². The molecule has 2 rings (SSSR count). The Hall–Kier alpha value is -1.62. The normalized spacial score (nSPS) is 10.3. The molecule has 2 aromatic rings. The van der Waals surface area contributed by atoms with E-state index in [9.17, 15) is 4.79 Å². The van der Waals surface area contributed by atoms with Crippen molar-refractivity contribution in [2.24, 2.45) is 0 Å². The van der Waals surface area contributed by atoms with Crippen LogP contribution >= 0.6 is 15.9 Å². The van der Waals surface area contributed by atoms with Crippen LogP contribution in [0, 0.1) is 0 Å². The fraction of sp³-hybridized carbons (Fsp3) is 0.231. The molecular weight excluding hydrogens is 294 g/mol. The van der Waals surface area contributed by atoms with E-state index in [-0.39, 0.29) is 5.56 Å². The summed E-state index contributed by atoms with van der Waals surface area (Å²) in [5.74, 6) is 0.530. The predicted octanol–water partition coefficient (Wildman–Crippen LogP) is 3.23. The number of nitrogens with zero attached hydrogens (tertiary/aromatic N) is 1. The Morgan fingerprint density at radius 2 is 2.17 bits per heavy atom. The number of benzene rings is 1. The Balaban J connectivity index is 2.34. The monoisotopic (exact) mass is 307 g/mol. The summed E-state index contributed by atoms with van der Waals surface area (Å²) in [6, 6.07) is 8.03. The van der Waals surface area contributed by atoms with Crippen molar-refractivity contribution in [1.82, 2.24) is 9.97 Å². The van der Waals surface area contributed by atoms with Gasteiger partial charge in [-0.2, -0.15) is 0 Å². The molecule has 5 heteroatoms. The second kappa shape index (κ2) is 5.82. The number of rotatable bonds is 4. The van der Waals surface area contributed by atoms with E-state index < -0.39 is 0 Å². The molecule has 0 aliphatic heterocycles. The van der Waals surface area contributed by atoms with Crippen LogP contribution in [-0.4, -0.2) is 9.97 Å². The second-order valence-electron chi connectivity index (χ2n) is 3.93. The lowest BCUT2D eigenvalue weighted by molar-refractivity contribution is 0.923. The number of hydrogen-bond donors (Lipinski definition) is 2. The maximum absolute atomic E-state index is 11.5. The van der Waals surface area contributed by atoms with Crippen LogP contribution < -0.4 is 10.9 Å². The minimum absolute atomic E-state index is 0.194. The highest BCUT2D eigenvalue weighted by Crippen LogP contribution is 2.23. The fourth-order valence-corrected chi connectivity index (χ4v) is 2.04. The largest absolute Gasteiger partial charge is 0.339 e. The summed E-state index contributed by atoms with van der Waals surface area (Å²) >= 11 is 3.23. The van der Waals surface area contributed by atoms with E-state index >= 15 is 0 Å². The molecule has 0 bridgehead atoms. The molecule has 0 saturated heterocycles. The Morgan fingerprint density at radius 3 is 2.94 bits per heavy atom. The van der Waals surface area contributed by atoms with Crippen LogP contribution in [0.1, 0.15) is 18.9 Å². The maximum Gasteiger partial charge on any atom is 0.267 e. The Morgan fingerprint density at radius 1 is 1.39 bits per heavy atom. The number of aromatic nitrogens is 2. The topological polar surface area (TPSA) is 57.8 Å². The molecule has 0 atom stereocenters. The van der Waals surface area contributed by atoms with Gasteiger partial charge in [0.15, 0.2) is 5.82 Å². The van der Waals surface area contributed by atoms with E-state index in [1.165, 1.54) is 11.9 Å². The van der Waals surface area contributed by atoms with Gasteiger partial charge in [0.25, 0.3) is 5.56 Å². The SMILES string of the molecule is CCCc1ccccc1Nc1nc[nH]c(=O)c1Br. The van der Waals surface area contributed by atoms with Gasteiger partial charge in [0.2, 0.25) is 0 Å². The van der Waals surface area contributed by atoms with Crippen molar-refractivity contribution in [1.29, 1.82) is 0 Å². The highest BCUT2D eigenvalue weighted by Gasteiger charge is 2.07. The zero-order chi connectivity index (χ0) is 13.0. The first-order chi connectivity index (χ1) is 8.72. The molecule has 0 saturated carbocycles. The van der Waals surface area contributed by atoms with E-state index in [0.717, 1.165) is 18.5 Å². The van der Waals surface area contributed by atoms with E-state index in [4.69, 9.17) is 0 Å². The third-order valence-electron chi connectivity index (χ3n) is 2.59. The molecule has 0 unspecified atom stereocenters. The number of nitrogens with one attached hydrogen (secondary N) is 2. The molecule has 0 aliphatic carbocycles. The van der Waals surface area contributed by atoms with E-state index in [2.05, 4.69) is 44.2 Å². The van der Waals surface area contributed by atoms with Crippen LogP contribution in [0.25, 0.3) is 0 Å². The van der Waals surface area contributed by atoms with E-state index in [0.29, 0.717) is 10.3 Å². The minimum atomic E-state index is -0.194. The van der Waals surface area contributed by atoms with Crippen LogP contribution in [0.5, 0.6) is 0 Å². The number of H-pyrrole nitrogens is 1. The lowest BCUT2D eigenvalue weighted by Crippen LogP contribution is -2.10. The molecule has 1 heterocycles. The summed E-state index contributed by atoms with van der Waals surface area (Å²) in [6.45, 7) is 2.14. The van der Waals surface area contributed by atoms with Gasteiger partial charge in [-0.05, 0) is 34.0 Å². The number of aromatic amines is 1. The quantitative estimate of drug-likeness (QED) is 0.911. The lowest BCUT2D eigenvalue weighted by atomic mass is 10.1. The van der Waals surface area contributed by atoms with Gasteiger partial charge in [0.1, 0.15) is 4.47 Å². The second-order valence-corrected chi connectivity index (χ2v) is 4.72. The van der Waals surface area contributed by atoms with Crippen molar-refractivity contribution in [2.45, 2.75) is 19.8 Å². The molecule has 1 aromatic heterocycles. The molecule has 0 radical (unpaired) electrons. The third-order valence-corrected chi connectivity index (χ3v) is 3.32. The van der Waals surface area contributed by atoms with Crippen LogP contribution in [0.15, 0.2) is 39.9 Å². The van der Waals surface area contributed by atoms with E-state index in [1.54, 1.807) is 0 Å². The molecule has 0 amide bonds. The molecule has 2 N–H and O–H groups in total. The Bertz CT molecular complexity index is 595. The molecule has 0 spiro atoms. The molecule has 94 valence electrons. The summed E-state index contributed by atoms with van der Waals surface area (Å²) in [7, 11) is 0. The average molecular weight is 308 g/mol. The first-order valence-corrected chi connectivity index (χ1v) is 6.59. The maximum atomic E-state index is 11.5. The third kappa shape index (κ3) is 2.79. The summed E-state index contributed by atoms with van der Waals surface area (Å²) < 4.78 is 0.413. The number of aryl methyl sites for hydroxylation is 1. The van der Waals surface area contributed by atoms with Crippen molar-refractivity contribution in [2.75, 3.05) is 5.32 Å². The Labute approximate surface area is 114 Å². The summed E-state index contributed by atoms with van der Waals surface area (Å²) in [4.78, 5) is 18.1. The van der Waals surface area contributed by atoms with Crippen molar-refractivity contribution in [3.8, 4) is 0 Å². The van der Waals surface area contributed by atoms with Gasteiger partial charge in [0, 0.05) is 5.69 Å². The molecular formula is C13H14BrN3O. The van der Waals surface area contributed by atoms with Gasteiger partial charge < -0.3 is 10.3 Å². The number of halogens is 1. The Kier molecular flexibility index (Phi) is 4.15. The zero-order valence-corrected chi connectivity index (χ0v) is 11.6. The van der Waals surface area contributed by atoms with Gasteiger partial charge in [-0.15, -0.1) is 0 Å². The highest BCUT2D eigenvalue weighted by molar-refractivity contribution is 9.10. The van der Waals surface area contributed by atoms with E-state index in [1.807, 2.05) is 18.2 Å². The van der Waals surface area contributed by atoms with Gasteiger partial charge in [-0.1, -0.05) is 31.5 Å².